The molecule has 0 saturated heterocycles. The molecule has 124 valence electrons. The van der Waals surface area contributed by atoms with Gasteiger partial charge < -0.3 is 9.47 Å². The van der Waals surface area contributed by atoms with Gasteiger partial charge in [-0.15, -0.1) is 11.3 Å². The molecule has 0 saturated carbocycles. The lowest BCUT2D eigenvalue weighted by molar-refractivity contribution is 0.0525. The number of carbonyl (C=O) groups excluding carboxylic acids is 1. The predicted molar refractivity (Wildman–Crippen MR) is 91.9 cm³/mol. The molecule has 0 aliphatic carbocycles. The summed E-state index contributed by atoms with van der Waals surface area (Å²) in [6.07, 6.45) is 1.51. The third-order valence-electron chi connectivity index (χ3n) is 3.54. The maximum Gasteiger partial charge on any atom is 0.341 e. The third kappa shape index (κ3) is 3.03. The van der Waals surface area contributed by atoms with Crippen molar-refractivity contribution in [3.05, 3.63) is 47.1 Å². The highest BCUT2D eigenvalue weighted by Gasteiger charge is 2.18. The topological polar surface area (TPSA) is 66.2 Å². The van der Waals surface area contributed by atoms with Crippen LogP contribution in [0.3, 0.4) is 0 Å². The Kier molecular flexibility index (Phi) is 4.61. The minimum Gasteiger partial charge on any atom is -0.497 e. The molecule has 0 bridgehead atoms. The zero-order valence-corrected chi connectivity index (χ0v) is 14.5. The highest BCUT2D eigenvalue weighted by Crippen LogP contribution is 2.27. The van der Waals surface area contributed by atoms with Crippen LogP contribution in [0.4, 0.5) is 0 Å². The minimum absolute atomic E-state index is 0.334. The summed E-state index contributed by atoms with van der Waals surface area (Å²) in [5.74, 6) is 0.410. The Bertz CT molecular complexity index is 870. The molecule has 3 rings (SSSR count). The smallest absolute Gasteiger partial charge is 0.341 e. The lowest BCUT2D eigenvalue weighted by Gasteiger charge is -2.03. The second-order valence-corrected chi connectivity index (χ2v) is 5.86. The molecule has 2 aromatic heterocycles. The van der Waals surface area contributed by atoms with Crippen molar-refractivity contribution in [2.24, 2.45) is 0 Å². The summed E-state index contributed by atoms with van der Waals surface area (Å²) in [6, 6.07) is 7.71. The molecule has 0 N–H and O–H groups in total. The molecule has 0 unspecified atom stereocenters. The van der Waals surface area contributed by atoms with Gasteiger partial charge in [0.05, 0.1) is 31.3 Å². The average molecular weight is 343 g/mol. The van der Waals surface area contributed by atoms with E-state index in [1.807, 2.05) is 36.6 Å². The number of rotatable bonds is 5. The monoisotopic (exact) mass is 343 g/mol. The molecule has 3 aromatic rings. The van der Waals surface area contributed by atoms with Crippen LogP contribution in [0.2, 0.25) is 0 Å². The molecule has 2 heterocycles. The van der Waals surface area contributed by atoms with Crippen LogP contribution in [0.15, 0.2) is 35.8 Å². The van der Waals surface area contributed by atoms with Crippen LogP contribution in [0, 0.1) is 6.92 Å². The van der Waals surface area contributed by atoms with Crippen molar-refractivity contribution in [2.75, 3.05) is 13.7 Å². The SMILES string of the molecule is CCOC(=O)c1cnn(-c2nc(-c3cccc(OC)c3)cs2)c1C. The Morgan fingerprint density at radius 1 is 1.38 bits per heavy atom. The van der Waals surface area contributed by atoms with Crippen LogP contribution < -0.4 is 4.74 Å². The van der Waals surface area contributed by atoms with Crippen molar-refractivity contribution in [3.8, 4) is 22.1 Å². The van der Waals surface area contributed by atoms with Crippen LogP contribution in [0.1, 0.15) is 23.0 Å². The van der Waals surface area contributed by atoms with E-state index in [0.717, 1.165) is 17.0 Å². The first-order valence-electron chi connectivity index (χ1n) is 7.46. The Morgan fingerprint density at radius 2 is 2.21 bits per heavy atom. The molecule has 0 amide bonds. The zero-order chi connectivity index (χ0) is 17.1. The van der Waals surface area contributed by atoms with Crippen molar-refractivity contribution in [1.29, 1.82) is 0 Å². The molecule has 6 nitrogen and oxygen atoms in total. The summed E-state index contributed by atoms with van der Waals surface area (Å²) < 4.78 is 11.9. The number of nitrogens with zero attached hydrogens (tertiary/aromatic N) is 3. The largest absolute Gasteiger partial charge is 0.497 e. The van der Waals surface area contributed by atoms with Gasteiger partial charge >= 0.3 is 5.97 Å². The summed E-state index contributed by atoms with van der Waals surface area (Å²) in [4.78, 5) is 16.5. The zero-order valence-electron chi connectivity index (χ0n) is 13.6. The first-order chi connectivity index (χ1) is 11.6. The number of ether oxygens (including phenoxy) is 2. The predicted octanol–water partition coefficient (Wildman–Crippen LogP) is 3.49. The van der Waals surface area contributed by atoms with E-state index in [4.69, 9.17) is 9.47 Å². The maximum atomic E-state index is 11.9. The summed E-state index contributed by atoms with van der Waals surface area (Å²) in [5, 5.41) is 6.92. The normalized spacial score (nSPS) is 10.6. The highest BCUT2D eigenvalue weighted by molar-refractivity contribution is 7.12. The number of aromatic nitrogens is 3. The second kappa shape index (κ2) is 6.84. The Balaban J connectivity index is 1.92. The summed E-state index contributed by atoms with van der Waals surface area (Å²) in [7, 11) is 1.63. The standard InChI is InChI=1S/C17H17N3O3S/c1-4-23-16(21)14-9-18-20(11(14)2)17-19-15(10-24-17)12-6-5-7-13(8-12)22-3/h5-10H,4H2,1-3H3. The molecule has 0 aliphatic rings. The molecule has 7 heteroatoms. The van der Waals surface area contributed by atoms with E-state index >= 15 is 0 Å². The van der Waals surface area contributed by atoms with E-state index in [1.54, 1.807) is 18.7 Å². The van der Waals surface area contributed by atoms with Crippen molar-refractivity contribution >= 4 is 17.3 Å². The first-order valence-corrected chi connectivity index (χ1v) is 8.34. The number of thiazole rings is 1. The van der Waals surface area contributed by atoms with Crippen LogP contribution in [0.25, 0.3) is 16.4 Å². The number of carbonyl (C=O) groups is 1. The van der Waals surface area contributed by atoms with Gasteiger partial charge in [-0.25, -0.2) is 14.5 Å². The van der Waals surface area contributed by atoms with Crippen molar-refractivity contribution in [3.63, 3.8) is 0 Å². The molecule has 0 atom stereocenters. The molecule has 24 heavy (non-hydrogen) atoms. The fourth-order valence-electron chi connectivity index (χ4n) is 2.29. The van der Waals surface area contributed by atoms with Crippen LogP contribution in [-0.2, 0) is 4.74 Å². The number of benzene rings is 1. The van der Waals surface area contributed by atoms with E-state index in [0.29, 0.717) is 23.0 Å². The van der Waals surface area contributed by atoms with E-state index < -0.39 is 0 Å². The van der Waals surface area contributed by atoms with Crippen LogP contribution in [-0.4, -0.2) is 34.5 Å². The number of methoxy groups -OCH3 is 1. The number of esters is 1. The molecule has 0 fully saturated rings. The quantitative estimate of drug-likeness (QED) is 0.664. The summed E-state index contributed by atoms with van der Waals surface area (Å²) in [6.45, 7) is 3.94. The van der Waals surface area contributed by atoms with Gasteiger partial charge in [-0.05, 0) is 26.0 Å². The van der Waals surface area contributed by atoms with Crippen molar-refractivity contribution < 1.29 is 14.3 Å². The second-order valence-electron chi connectivity index (χ2n) is 5.02. The van der Waals surface area contributed by atoms with Crippen molar-refractivity contribution in [1.82, 2.24) is 14.8 Å². The van der Waals surface area contributed by atoms with Gasteiger partial charge in [-0.1, -0.05) is 12.1 Å². The molecule has 0 aliphatic heterocycles. The number of hydrogen-bond acceptors (Lipinski definition) is 6. The third-order valence-corrected chi connectivity index (χ3v) is 4.36. The highest BCUT2D eigenvalue weighted by atomic mass is 32.1. The van der Waals surface area contributed by atoms with Gasteiger partial charge in [-0.2, -0.15) is 5.10 Å². The molecular formula is C17H17N3O3S. The first kappa shape index (κ1) is 16.2. The average Bonchev–Trinajstić information content (AvgIpc) is 3.21. The van der Waals surface area contributed by atoms with Gasteiger partial charge in [0.15, 0.2) is 0 Å². The lowest BCUT2D eigenvalue weighted by atomic mass is 10.2. The van der Waals surface area contributed by atoms with E-state index in [-0.39, 0.29) is 5.97 Å². The maximum absolute atomic E-state index is 11.9. The van der Waals surface area contributed by atoms with Gasteiger partial charge in [-0.3, -0.25) is 0 Å². The number of hydrogen-bond donors (Lipinski definition) is 0. The minimum atomic E-state index is -0.370. The van der Waals surface area contributed by atoms with Gasteiger partial charge in [0.25, 0.3) is 0 Å². The fourth-order valence-corrected chi connectivity index (χ4v) is 3.13. The molecule has 0 spiro atoms. The molecule has 0 radical (unpaired) electrons. The Hall–Kier alpha value is -2.67. The molecular weight excluding hydrogens is 326 g/mol. The van der Waals surface area contributed by atoms with Gasteiger partial charge in [0.2, 0.25) is 5.13 Å². The Labute approximate surface area is 143 Å². The van der Waals surface area contributed by atoms with Gasteiger partial charge in [0.1, 0.15) is 11.3 Å². The van der Waals surface area contributed by atoms with Gasteiger partial charge in [0, 0.05) is 10.9 Å². The summed E-state index contributed by atoms with van der Waals surface area (Å²) >= 11 is 1.46. The van der Waals surface area contributed by atoms with Crippen molar-refractivity contribution in [2.45, 2.75) is 13.8 Å². The summed E-state index contributed by atoms with van der Waals surface area (Å²) in [5.41, 5.74) is 2.96. The van der Waals surface area contributed by atoms with Crippen LogP contribution in [0.5, 0.6) is 5.75 Å². The van der Waals surface area contributed by atoms with E-state index in [2.05, 4.69) is 10.1 Å². The van der Waals surface area contributed by atoms with E-state index in [1.165, 1.54) is 17.5 Å². The fraction of sp³-hybridized carbons (Fsp3) is 0.235. The van der Waals surface area contributed by atoms with Crippen LogP contribution >= 0.6 is 11.3 Å². The molecule has 1 aromatic carbocycles. The van der Waals surface area contributed by atoms with E-state index in [9.17, 15) is 4.79 Å². The Morgan fingerprint density at radius 3 is 2.96 bits per heavy atom. The lowest BCUT2D eigenvalue weighted by Crippen LogP contribution is -2.06.